The Morgan fingerprint density at radius 1 is 1.11 bits per heavy atom. The normalized spacial score (nSPS) is 10.8. The second-order valence-corrected chi connectivity index (χ2v) is 6.95. The van der Waals surface area contributed by atoms with E-state index in [4.69, 9.17) is 14.0 Å². The number of nitrogens with zero attached hydrogens (tertiary/aromatic N) is 2. The molecule has 0 radical (unpaired) electrons. The van der Waals surface area contributed by atoms with Crippen LogP contribution in [0.5, 0.6) is 11.5 Å². The number of ether oxygens (including phenoxy) is 2. The topological polar surface area (TPSA) is 86.5 Å². The van der Waals surface area contributed by atoms with Crippen molar-refractivity contribution in [3.05, 3.63) is 59.2 Å². The molecule has 0 aliphatic rings. The quantitative estimate of drug-likeness (QED) is 0.533. The zero-order chi connectivity index (χ0) is 19.5. The lowest BCUT2D eigenvalue weighted by Gasteiger charge is -2.07. The highest BCUT2D eigenvalue weighted by molar-refractivity contribution is 7.20. The second kappa shape index (κ2) is 7.69. The Hall–Kier alpha value is -3.39. The second-order valence-electron chi connectivity index (χ2n) is 5.92. The van der Waals surface area contributed by atoms with Crippen molar-refractivity contribution in [1.29, 1.82) is 0 Å². The lowest BCUT2D eigenvalue weighted by Crippen LogP contribution is -2.22. The minimum absolute atomic E-state index is 0.239. The fourth-order valence-electron chi connectivity index (χ4n) is 2.74. The molecule has 4 rings (SSSR count). The molecular formula is C20H17N3O4S. The summed E-state index contributed by atoms with van der Waals surface area (Å²) in [6.45, 7) is 0.242. The fraction of sp³-hybridized carbons (Fsp3) is 0.150. The van der Waals surface area contributed by atoms with Crippen molar-refractivity contribution in [3.8, 4) is 22.8 Å². The third kappa shape index (κ3) is 3.54. The molecule has 2 aromatic heterocycles. The minimum atomic E-state index is -0.239. The van der Waals surface area contributed by atoms with Gasteiger partial charge in [0, 0.05) is 11.6 Å². The van der Waals surface area contributed by atoms with Crippen LogP contribution in [0.15, 0.2) is 53.1 Å². The van der Waals surface area contributed by atoms with Gasteiger partial charge in [0.25, 0.3) is 5.91 Å². The number of hydrogen-bond acceptors (Lipinski definition) is 7. The molecule has 142 valence electrons. The molecule has 0 spiro atoms. The van der Waals surface area contributed by atoms with Crippen LogP contribution in [-0.4, -0.2) is 30.3 Å². The van der Waals surface area contributed by atoms with Gasteiger partial charge in [-0.2, -0.15) is 0 Å². The van der Waals surface area contributed by atoms with Crippen molar-refractivity contribution >= 4 is 27.5 Å². The molecule has 1 amide bonds. The summed E-state index contributed by atoms with van der Waals surface area (Å²) in [5.41, 5.74) is 2.22. The molecule has 7 nitrogen and oxygen atoms in total. The van der Waals surface area contributed by atoms with E-state index in [1.165, 1.54) is 11.3 Å². The standard InChI is InChI=1S/C20H17N3O4S/c1-25-15-8-7-12(9-17(15)26-2)16-10-13(23-27-16)11-21-19(24)20-22-14-5-3-4-6-18(14)28-20/h3-10H,11H2,1-2H3,(H,21,24). The first-order valence-electron chi connectivity index (χ1n) is 8.49. The summed E-state index contributed by atoms with van der Waals surface area (Å²) in [7, 11) is 3.16. The smallest absolute Gasteiger partial charge is 0.280 e. The number of amides is 1. The number of nitrogens with one attached hydrogen (secondary N) is 1. The molecule has 1 N–H and O–H groups in total. The van der Waals surface area contributed by atoms with Gasteiger partial charge in [-0.05, 0) is 30.3 Å². The summed E-state index contributed by atoms with van der Waals surface area (Å²) in [6, 6.07) is 14.9. The Morgan fingerprint density at radius 2 is 1.93 bits per heavy atom. The van der Waals surface area contributed by atoms with Crippen molar-refractivity contribution in [2.45, 2.75) is 6.54 Å². The average molecular weight is 395 g/mol. The SMILES string of the molecule is COc1ccc(-c2cc(CNC(=O)c3nc4ccccc4s3)no2)cc1OC. The Balaban J connectivity index is 1.45. The summed E-state index contributed by atoms with van der Waals surface area (Å²) in [5, 5.41) is 7.26. The molecule has 8 heteroatoms. The summed E-state index contributed by atoms with van der Waals surface area (Å²) in [4.78, 5) is 16.7. The number of thiazole rings is 1. The first-order valence-corrected chi connectivity index (χ1v) is 9.31. The number of fused-ring (bicyclic) bond motifs is 1. The van der Waals surface area contributed by atoms with Crippen LogP contribution in [0, 0.1) is 0 Å². The van der Waals surface area contributed by atoms with Gasteiger partial charge in [0.15, 0.2) is 22.3 Å². The van der Waals surface area contributed by atoms with Crippen LogP contribution >= 0.6 is 11.3 Å². The zero-order valence-corrected chi connectivity index (χ0v) is 16.1. The maximum atomic E-state index is 12.4. The largest absolute Gasteiger partial charge is 0.493 e. The molecule has 0 bridgehead atoms. The van der Waals surface area contributed by atoms with E-state index < -0.39 is 0 Å². The molecule has 0 aliphatic carbocycles. The van der Waals surface area contributed by atoms with E-state index in [9.17, 15) is 4.79 Å². The lowest BCUT2D eigenvalue weighted by atomic mass is 10.1. The van der Waals surface area contributed by atoms with Crippen molar-refractivity contribution in [2.24, 2.45) is 0 Å². The number of carbonyl (C=O) groups is 1. The summed E-state index contributed by atoms with van der Waals surface area (Å²) in [6.07, 6.45) is 0. The van der Waals surface area contributed by atoms with Crippen LogP contribution in [0.25, 0.3) is 21.5 Å². The van der Waals surface area contributed by atoms with E-state index in [0.29, 0.717) is 28.0 Å². The predicted molar refractivity (Wildman–Crippen MR) is 106 cm³/mol. The van der Waals surface area contributed by atoms with Crippen molar-refractivity contribution < 1.29 is 18.8 Å². The summed E-state index contributed by atoms with van der Waals surface area (Å²) in [5.74, 6) is 1.57. The molecule has 2 heterocycles. The van der Waals surface area contributed by atoms with Crippen LogP contribution < -0.4 is 14.8 Å². The number of carbonyl (C=O) groups excluding carboxylic acids is 1. The van der Waals surface area contributed by atoms with E-state index >= 15 is 0 Å². The molecule has 0 unspecified atom stereocenters. The van der Waals surface area contributed by atoms with Gasteiger partial charge in [-0.1, -0.05) is 17.3 Å². The number of hydrogen-bond donors (Lipinski definition) is 1. The number of benzene rings is 2. The van der Waals surface area contributed by atoms with Gasteiger partial charge in [0.1, 0.15) is 5.69 Å². The Labute approximate surface area is 164 Å². The number of aromatic nitrogens is 2. The van der Waals surface area contributed by atoms with E-state index in [-0.39, 0.29) is 12.5 Å². The summed E-state index contributed by atoms with van der Waals surface area (Å²) >= 11 is 1.36. The van der Waals surface area contributed by atoms with Crippen LogP contribution in [0.3, 0.4) is 0 Å². The number of methoxy groups -OCH3 is 2. The Morgan fingerprint density at radius 3 is 2.71 bits per heavy atom. The van der Waals surface area contributed by atoms with Gasteiger partial charge in [0.05, 0.1) is 31.0 Å². The summed E-state index contributed by atoms with van der Waals surface area (Å²) < 4.78 is 16.9. The molecule has 4 aromatic rings. The highest BCUT2D eigenvalue weighted by atomic mass is 32.1. The zero-order valence-electron chi connectivity index (χ0n) is 15.3. The van der Waals surface area contributed by atoms with Crippen molar-refractivity contribution in [2.75, 3.05) is 14.2 Å². The van der Waals surface area contributed by atoms with E-state index in [2.05, 4.69) is 15.5 Å². The molecule has 0 saturated heterocycles. The molecule has 0 aliphatic heterocycles. The van der Waals surface area contributed by atoms with E-state index in [1.807, 2.05) is 36.4 Å². The molecule has 28 heavy (non-hydrogen) atoms. The van der Waals surface area contributed by atoms with Gasteiger partial charge in [0.2, 0.25) is 0 Å². The molecule has 0 saturated carbocycles. The van der Waals surface area contributed by atoms with Crippen LogP contribution in [0.4, 0.5) is 0 Å². The fourth-order valence-corrected chi connectivity index (χ4v) is 3.62. The molecule has 2 aromatic carbocycles. The van der Waals surface area contributed by atoms with Gasteiger partial charge >= 0.3 is 0 Å². The highest BCUT2D eigenvalue weighted by Gasteiger charge is 2.14. The third-order valence-electron chi connectivity index (χ3n) is 4.15. The first-order chi connectivity index (χ1) is 13.7. The third-order valence-corrected chi connectivity index (χ3v) is 5.18. The maximum Gasteiger partial charge on any atom is 0.280 e. The minimum Gasteiger partial charge on any atom is -0.493 e. The number of para-hydroxylation sites is 1. The van der Waals surface area contributed by atoms with Crippen molar-refractivity contribution in [3.63, 3.8) is 0 Å². The Kier molecular flexibility index (Phi) is 4.94. The lowest BCUT2D eigenvalue weighted by molar-refractivity contribution is 0.0950. The first kappa shape index (κ1) is 18.0. The van der Waals surface area contributed by atoms with Crippen molar-refractivity contribution in [1.82, 2.24) is 15.5 Å². The molecule has 0 atom stereocenters. The number of rotatable bonds is 6. The monoisotopic (exact) mass is 395 g/mol. The van der Waals surface area contributed by atoms with Gasteiger partial charge in [-0.25, -0.2) is 4.98 Å². The molecular weight excluding hydrogens is 378 g/mol. The van der Waals surface area contributed by atoms with Crippen LogP contribution in [0.2, 0.25) is 0 Å². The molecule has 0 fully saturated rings. The van der Waals surface area contributed by atoms with E-state index in [0.717, 1.165) is 15.8 Å². The van der Waals surface area contributed by atoms with E-state index in [1.54, 1.807) is 26.4 Å². The highest BCUT2D eigenvalue weighted by Crippen LogP contribution is 2.32. The van der Waals surface area contributed by atoms with Crippen LogP contribution in [-0.2, 0) is 6.54 Å². The maximum absolute atomic E-state index is 12.4. The predicted octanol–water partition coefficient (Wildman–Crippen LogP) is 3.90. The Bertz CT molecular complexity index is 1100. The van der Waals surface area contributed by atoms with Gasteiger partial charge in [-0.15, -0.1) is 11.3 Å². The van der Waals surface area contributed by atoms with Gasteiger partial charge in [-0.3, -0.25) is 4.79 Å². The van der Waals surface area contributed by atoms with Crippen LogP contribution in [0.1, 0.15) is 15.5 Å². The average Bonchev–Trinajstić information content (AvgIpc) is 3.38. The van der Waals surface area contributed by atoms with Gasteiger partial charge < -0.3 is 19.3 Å².